The molecule has 2 heterocycles. The standard InChI is InChI=1S/C12H13N3O3S/c1-19-14-12(16)15-9(4-5-13-15)8-2-3-10-11(6-8)18-7-17-10/h2-3,5-6,9H,4,7H2,1H3,(H,14,16). The number of hydrogen-bond acceptors (Lipinski definition) is 5. The second-order valence-electron chi connectivity index (χ2n) is 4.12. The van der Waals surface area contributed by atoms with Crippen LogP contribution in [0, 0.1) is 0 Å². The quantitative estimate of drug-likeness (QED) is 0.842. The molecule has 6 nitrogen and oxygen atoms in total. The van der Waals surface area contributed by atoms with E-state index in [9.17, 15) is 4.79 Å². The van der Waals surface area contributed by atoms with Gasteiger partial charge in [0.1, 0.15) is 0 Å². The molecule has 1 N–H and O–H groups in total. The van der Waals surface area contributed by atoms with Crippen molar-refractivity contribution in [3.8, 4) is 11.5 Å². The molecular formula is C12H13N3O3S. The molecule has 2 aliphatic heterocycles. The van der Waals surface area contributed by atoms with Crippen LogP contribution < -0.4 is 14.2 Å². The predicted octanol–water partition coefficient (Wildman–Crippen LogP) is 2.14. The number of rotatable bonds is 2. The second-order valence-corrected chi connectivity index (χ2v) is 4.73. The Morgan fingerprint density at radius 3 is 3.16 bits per heavy atom. The van der Waals surface area contributed by atoms with Gasteiger partial charge < -0.3 is 9.47 Å². The minimum Gasteiger partial charge on any atom is -0.454 e. The van der Waals surface area contributed by atoms with E-state index < -0.39 is 0 Å². The molecular weight excluding hydrogens is 266 g/mol. The van der Waals surface area contributed by atoms with E-state index in [4.69, 9.17) is 9.47 Å². The van der Waals surface area contributed by atoms with Crippen LogP contribution >= 0.6 is 11.9 Å². The van der Waals surface area contributed by atoms with Gasteiger partial charge in [0.15, 0.2) is 11.5 Å². The zero-order valence-corrected chi connectivity index (χ0v) is 11.1. The molecule has 2 amide bonds. The van der Waals surface area contributed by atoms with E-state index in [-0.39, 0.29) is 18.9 Å². The van der Waals surface area contributed by atoms with Crippen molar-refractivity contribution in [1.29, 1.82) is 0 Å². The lowest BCUT2D eigenvalue weighted by Crippen LogP contribution is -2.33. The average Bonchev–Trinajstić information content (AvgIpc) is 3.07. The maximum absolute atomic E-state index is 11.9. The van der Waals surface area contributed by atoms with Gasteiger partial charge in [-0.1, -0.05) is 18.0 Å². The molecule has 0 aromatic heterocycles. The summed E-state index contributed by atoms with van der Waals surface area (Å²) in [6.07, 6.45) is 4.24. The van der Waals surface area contributed by atoms with Crippen molar-refractivity contribution in [3.63, 3.8) is 0 Å². The van der Waals surface area contributed by atoms with Crippen LogP contribution in [-0.4, -0.2) is 30.3 Å². The fraction of sp³-hybridized carbons (Fsp3) is 0.333. The summed E-state index contributed by atoms with van der Waals surface area (Å²) in [6, 6.07) is 5.39. The first kappa shape index (κ1) is 12.2. The van der Waals surface area contributed by atoms with Crippen molar-refractivity contribution in [2.75, 3.05) is 13.0 Å². The highest BCUT2D eigenvalue weighted by molar-refractivity contribution is 7.97. The minimum absolute atomic E-state index is 0.0957. The van der Waals surface area contributed by atoms with Gasteiger partial charge in [0.25, 0.3) is 0 Å². The molecule has 0 bridgehead atoms. The Bertz CT molecular complexity index is 535. The lowest BCUT2D eigenvalue weighted by Gasteiger charge is -2.22. The molecule has 0 saturated heterocycles. The number of nitrogens with zero attached hydrogens (tertiary/aromatic N) is 2. The number of nitrogens with one attached hydrogen (secondary N) is 1. The molecule has 1 aromatic carbocycles. The van der Waals surface area contributed by atoms with Gasteiger partial charge in [-0.05, 0) is 17.7 Å². The molecule has 1 atom stereocenters. The van der Waals surface area contributed by atoms with Crippen LogP contribution in [0.2, 0.25) is 0 Å². The highest BCUT2D eigenvalue weighted by atomic mass is 32.2. The Labute approximate surface area is 114 Å². The van der Waals surface area contributed by atoms with Crippen LogP contribution in [0.5, 0.6) is 11.5 Å². The highest BCUT2D eigenvalue weighted by Crippen LogP contribution is 2.37. The summed E-state index contributed by atoms with van der Waals surface area (Å²) >= 11 is 1.25. The summed E-state index contributed by atoms with van der Waals surface area (Å²) in [5, 5.41) is 5.57. The average molecular weight is 279 g/mol. The Morgan fingerprint density at radius 1 is 1.47 bits per heavy atom. The molecule has 2 aliphatic rings. The molecule has 3 rings (SSSR count). The largest absolute Gasteiger partial charge is 0.454 e. The van der Waals surface area contributed by atoms with E-state index in [0.29, 0.717) is 6.42 Å². The van der Waals surface area contributed by atoms with Crippen LogP contribution in [0.25, 0.3) is 0 Å². The first-order valence-electron chi connectivity index (χ1n) is 5.84. The minimum atomic E-state index is -0.219. The fourth-order valence-corrected chi connectivity index (χ4v) is 2.41. The summed E-state index contributed by atoms with van der Waals surface area (Å²) in [6.45, 7) is 0.247. The Morgan fingerprint density at radius 2 is 2.32 bits per heavy atom. The fourth-order valence-electron chi connectivity index (χ4n) is 2.14. The van der Waals surface area contributed by atoms with E-state index >= 15 is 0 Å². The zero-order chi connectivity index (χ0) is 13.2. The molecule has 7 heteroatoms. The first-order chi connectivity index (χ1) is 9.29. The maximum Gasteiger partial charge on any atom is 0.348 e. The molecule has 0 fully saturated rings. The number of carbonyl (C=O) groups is 1. The zero-order valence-electron chi connectivity index (χ0n) is 10.3. The third-order valence-corrected chi connectivity index (χ3v) is 3.39. The van der Waals surface area contributed by atoms with Crippen LogP contribution in [0.15, 0.2) is 23.3 Å². The number of urea groups is 1. The van der Waals surface area contributed by atoms with Gasteiger partial charge in [-0.3, -0.25) is 4.72 Å². The molecule has 0 spiro atoms. The van der Waals surface area contributed by atoms with E-state index in [2.05, 4.69) is 9.82 Å². The van der Waals surface area contributed by atoms with Crippen molar-refractivity contribution >= 4 is 24.2 Å². The number of hydrogen-bond donors (Lipinski definition) is 1. The molecule has 0 aliphatic carbocycles. The third-order valence-electron chi connectivity index (χ3n) is 3.01. The van der Waals surface area contributed by atoms with Gasteiger partial charge in [0.05, 0.1) is 6.04 Å². The predicted molar refractivity (Wildman–Crippen MR) is 72.3 cm³/mol. The summed E-state index contributed by atoms with van der Waals surface area (Å²) < 4.78 is 13.3. The lowest BCUT2D eigenvalue weighted by molar-refractivity contribution is 0.173. The van der Waals surface area contributed by atoms with Crippen LogP contribution in [0.4, 0.5) is 4.79 Å². The smallest absolute Gasteiger partial charge is 0.348 e. The summed E-state index contributed by atoms with van der Waals surface area (Å²) in [7, 11) is 0. The molecule has 1 aromatic rings. The van der Waals surface area contributed by atoms with Crippen molar-refractivity contribution in [2.45, 2.75) is 12.5 Å². The number of hydrazone groups is 1. The van der Waals surface area contributed by atoms with Gasteiger partial charge in [-0.15, -0.1) is 0 Å². The maximum atomic E-state index is 11.9. The van der Waals surface area contributed by atoms with Gasteiger partial charge in [0.2, 0.25) is 6.79 Å². The SMILES string of the molecule is CSNC(=O)N1N=CCC1c1ccc2c(c1)OCO2. The van der Waals surface area contributed by atoms with Gasteiger partial charge >= 0.3 is 6.03 Å². The summed E-state index contributed by atoms with van der Waals surface area (Å²) in [5.41, 5.74) is 0.984. The van der Waals surface area contributed by atoms with E-state index in [0.717, 1.165) is 17.1 Å². The number of carbonyl (C=O) groups excluding carboxylic acids is 1. The molecule has 19 heavy (non-hydrogen) atoms. The molecule has 100 valence electrons. The number of amides is 2. The Kier molecular flexibility index (Phi) is 3.20. The molecule has 0 saturated carbocycles. The lowest BCUT2D eigenvalue weighted by atomic mass is 10.0. The van der Waals surface area contributed by atoms with Crippen molar-refractivity contribution in [1.82, 2.24) is 9.73 Å². The molecule has 1 unspecified atom stereocenters. The van der Waals surface area contributed by atoms with Crippen molar-refractivity contribution in [2.24, 2.45) is 5.10 Å². The summed E-state index contributed by atoms with van der Waals surface area (Å²) in [5.74, 6) is 1.46. The van der Waals surface area contributed by atoms with E-state index in [1.165, 1.54) is 17.0 Å². The Hall–Kier alpha value is -1.89. The van der Waals surface area contributed by atoms with Crippen LogP contribution in [-0.2, 0) is 0 Å². The van der Waals surface area contributed by atoms with E-state index in [1.54, 1.807) is 12.5 Å². The monoisotopic (exact) mass is 279 g/mol. The van der Waals surface area contributed by atoms with Crippen molar-refractivity contribution in [3.05, 3.63) is 23.8 Å². The first-order valence-corrected chi connectivity index (χ1v) is 7.06. The van der Waals surface area contributed by atoms with Gasteiger partial charge in [-0.25, -0.2) is 9.80 Å². The van der Waals surface area contributed by atoms with Gasteiger partial charge in [-0.2, -0.15) is 5.10 Å². The number of ether oxygens (including phenoxy) is 2. The number of fused-ring (bicyclic) bond motifs is 1. The second kappa shape index (κ2) is 5.00. The molecule has 0 radical (unpaired) electrons. The van der Waals surface area contributed by atoms with Crippen LogP contribution in [0.1, 0.15) is 18.0 Å². The van der Waals surface area contributed by atoms with Crippen LogP contribution in [0.3, 0.4) is 0 Å². The topological polar surface area (TPSA) is 63.2 Å². The normalized spacial score (nSPS) is 19.8. The summed E-state index contributed by atoms with van der Waals surface area (Å²) in [4.78, 5) is 11.9. The van der Waals surface area contributed by atoms with Crippen molar-refractivity contribution < 1.29 is 14.3 Å². The number of benzene rings is 1. The highest BCUT2D eigenvalue weighted by Gasteiger charge is 2.29. The van der Waals surface area contributed by atoms with Gasteiger partial charge in [0, 0.05) is 18.9 Å². The Balaban J connectivity index is 1.83. The third kappa shape index (κ3) is 2.21. The van der Waals surface area contributed by atoms with E-state index in [1.807, 2.05) is 18.2 Å².